The maximum atomic E-state index is 13.4. The molecule has 10 aliphatic rings. The van der Waals surface area contributed by atoms with Gasteiger partial charge in [-0.05, 0) is 219 Å². The molecule has 46 heteroatoms. The Morgan fingerprint density at radius 2 is 0.586 bits per heavy atom. The van der Waals surface area contributed by atoms with Crippen molar-refractivity contribution in [1.29, 1.82) is 0 Å². The SMILES string of the molecule is Cc1ccc2c(c1)COC(=O)N2C1CCN(S(=O)(=O)c2ccc(Br)cc2)CC1.Cc1ccc2c(c1)COC(=O)N2C1CCN(S(=O)(=O)c2ccc(F)c(Cl)c2)CC1.Cc1ccc2c(c1)COC(=O)N2C1CCN(S(=O)(=O)c2cccc([N+](=O)[O-])c2)CC1.Cc1cccc2c1N(C1CCN(S(=O)(=O)c3ccc(F)c(Cl)c3)CC1)C(=O)OC2.O=C1OCc2cc(Cl)ccc2N1C1CCN(S(=O)(=O)c2ccc(F)c(Cl)c2)CC1. The number of non-ortho nitro benzene ring substituents is 1. The minimum Gasteiger partial charge on any atom is -0.444 e. The number of para-hydroxylation sites is 1. The summed E-state index contributed by atoms with van der Waals surface area (Å²) in [7, 11) is -18.8. The molecule has 10 aromatic rings. The van der Waals surface area contributed by atoms with Gasteiger partial charge in [0.1, 0.15) is 50.5 Å². The number of nitro groups is 1. The minimum atomic E-state index is -3.86. The quantitative estimate of drug-likeness (QED) is 0.0492. The molecule has 768 valence electrons. The number of cyclic esters (lactones) is 5. The highest BCUT2D eigenvalue weighted by Gasteiger charge is 2.45. The Kier molecular flexibility index (Phi) is 32.8. The predicted molar refractivity (Wildman–Crippen MR) is 540 cm³/mol. The smallest absolute Gasteiger partial charge is 0.414 e. The van der Waals surface area contributed by atoms with Gasteiger partial charge in [-0.2, -0.15) is 21.5 Å². The second-order valence-corrected chi connectivity index (χ2v) is 48.3. The summed E-state index contributed by atoms with van der Waals surface area (Å²) in [6.07, 6.45) is 2.72. The lowest BCUT2D eigenvalue weighted by atomic mass is 10.00. The van der Waals surface area contributed by atoms with Crippen LogP contribution in [0.2, 0.25) is 20.1 Å². The third-order valence-corrected chi connectivity index (χ3v) is 37.9. The fraction of sp³-hybridized carbons (Fsp3) is 0.343. The van der Waals surface area contributed by atoms with Gasteiger partial charge in [0.25, 0.3) is 5.69 Å². The average Bonchev–Trinajstić information content (AvgIpc) is 0.781. The minimum absolute atomic E-state index is 0.0408. The van der Waals surface area contributed by atoms with Crippen LogP contribution in [0.25, 0.3) is 0 Å². The van der Waals surface area contributed by atoms with Gasteiger partial charge in [-0.1, -0.05) is 140 Å². The monoisotopic (exact) mass is 2230 g/mol. The van der Waals surface area contributed by atoms with Crippen LogP contribution in [0.4, 0.5) is 71.3 Å². The summed E-state index contributed by atoms with van der Waals surface area (Å²) in [5.74, 6) is -2.00. The highest BCUT2D eigenvalue weighted by Crippen LogP contribution is 2.43. The zero-order valence-corrected chi connectivity index (χ0v) is 87.2. The maximum absolute atomic E-state index is 13.4. The first-order valence-electron chi connectivity index (χ1n) is 46.3. The third-order valence-electron chi connectivity index (χ3n) is 26.7. The number of halogens is 8. The molecule has 0 unspecified atom stereocenters. The van der Waals surface area contributed by atoms with Crippen LogP contribution in [0.5, 0.6) is 0 Å². The Morgan fingerprint density at radius 1 is 0.317 bits per heavy atom. The fourth-order valence-corrected chi connectivity index (χ4v) is 27.9. The number of amides is 5. The van der Waals surface area contributed by atoms with Crippen LogP contribution in [-0.4, -0.2) is 195 Å². The number of nitro benzene ring substituents is 1. The van der Waals surface area contributed by atoms with E-state index in [0.717, 1.165) is 125 Å². The molecule has 10 aromatic carbocycles. The van der Waals surface area contributed by atoms with Crippen molar-refractivity contribution in [2.75, 3.05) is 89.9 Å². The number of hydrogen-bond donors (Lipinski definition) is 0. The van der Waals surface area contributed by atoms with Crippen molar-refractivity contribution in [2.24, 2.45) is 0 Å². The summed E-state index contributed by atoms with van der Waals surface area (Å²) in [4.78, 5) is 80.8. The molecular formula is C99H99BrCl4F3N11O22S5. The van der Waals surface area contributed by atoms with Gasteiger partial charge in [0.05, 0.1) is 72.9 Å². The molecule has 0 atom stereocenters. The molecule has 0 aromatic heterocycles. The first-order chi connectivity index (χ1) is 69.0. The van der Waals surface area contributed by atoms with E-state index in [2.05, 4.69) is 15.9 Å². The number of benzene rings is 10. The Balaban J connectivity index is 0.000000130. The molecule has 10 heterocycles. The Hall–Kier alpha value is -11.1. The molecule has 0 aliphatic carbocycles. The van der Waals surface area contributed by atoms with Crippen molar-refractivity contribution in [3.8, 4) is 0 Å². The number of ether oxygens (including phenoxy) is 5. The Bertz CT molecular complexity index is 7140. The van der Waals surface area contributed by atoms with Crippen LogP contribution in [0, 0.1) is 55.3 Å². The van der Waals surface area contributed by atoms with Gasteiger partial charge < -0.3 is 23.7 Å². The number of sulfonamides is 5. The zero-order chi connectivity index (χ0) is 104. The van der Waals surface area contributed by atoms with Crippen LogP contribution in [-0.2, 0) is 107 Å². The predicted octanol–water partition coefficient (Wildman–Crippen LogP) is 19.9. The van der Waals surface area contributed by atoms with E-state index in [9.17, 15) is 89.3 Å². The van der Waals surface area contributed by atoms with Gasteiger partial charge in [-0.15, -0.1) is 0 Å². The number of rotatable bonds is 16. The van der Waals surface area contributed by atoms with E-state index < -0.39 is 96.9 Å². The molecule has 10 aliphatic heterocycles. The standard InChI is InChI=1S/C20H21BrN2O4S.2C20H20ClFN2O4S.C20H21N3O6S.C19H17Cl2FN2O4S/c1-14-2-7-19-15(12-14)13-27-20(24)23(19)17-8-10-22(11-9-17)28(25,26)18-5-3-16(21)4-6-18;1-13-2-5-19-14(10-13)12-28-20(25)24(19)15-6-8-23(9-7-15)29(26,27)16-3-4-18(22)17(21)11-16;1-13-3-2-4-14-12-28-20(25)24(19(13)14)15-7-9-23(10-8-15)29(26,27)16-5-6-18(22)17(21)11-16;1-14-5-6-19-15(11-14)13-29-20(24)22(19)16-7-9-21(10-8-16)30(27,28)18-4-2-3-17(12-18)23(25)26;20-13-1-4-18-12(9-13)11-28-19(25)24(18)14-5-7-23(8-6-14)29(26,27)15-2-3-17(22)16(21)10-15/h2-7,12,17H,8-11,13H2,1H3;2-5,10-11,15H,6-9,12H2,1H3;2-6,11,15H,7-10,12H2,1H3;2-6,11-12,16H,7-10,13H2,1H3;1-4,9-10,14H,5-8,11H2. The zero-order valence-electron chi connectivity index (χ0n) is 78.5. The topological polar surface area (TPSA) is 378 Å². The molecule has 0 saturated carbocycles. The Labute approximate surface area is 865 Å². The van der Waals surface area contributed by atoms with Gasteiger partial charge in [-0.3, -0.25) is 34.6 Å². The number of aryl methyl sites for hydroxylation is 4. The molecule has 20 rings (SSSR count). The van der Waals surface area contributed by atoms with Crippen LogP contribution in [0.1, 0.15) is 114 Å². The van der Waals surface area contributed by atoms with Crippen LogP contribution in [0.3, 0.4) is 0 Å². The number of carbonyl (C=O) groups excluding carboxylic acids is 5. The van der Waals surface area contributed by atoms with E-state index in [1.807, 2.05) is 100 Å². The van der Waals surface area contributed by atoms with Crippen molar-refractivity contribution < 1.29 is 108 Å². The molecule has 0 radical (unpaired) electrons. The number of carbonyl (C=O) groups is 5. The normalized spacial score (nSPS) is 18.4. The molecule has 33 nitrogen and oxygen atoms in total. The van der Waals surface area contributed by atoms with Gasteiger partial charge in [0, 0.05) is 145 Å². The van der Waals surface area contributed by atoms with Gasteiger partial charge in [0.2, 0.25) is 50.1 Å². The lowest BCUT2D eigenvalue weighted by molar-refractivity contribution is -0.385. The van der Waals surface area contributed by atoms with Gasteiger partial charge in [0.15, 0.2) is 0 Å². The summed E-state index contributed by atoms with van der Waals surface area (Å²) in [5.41, 5.74) is 12.7. The molecule has 5 amide bonds. The molecule has 0 spiro atoms. The summed E-state index contributed by atoms with van der Waals surface area (Å²) < 4.78 is 203. The number of fused-ring (bicyclic) bond motifs is 5. The van der Waals surface area contributed by atoms with E-state index in [0.29, 0.717) is 82.3 Å². The second-order valence-electron chi connectivity index (χ2n) is 36.0. The lowest BCUT2D eigenvalue weighted by Crippen LogP contribution is -2.50. The van der Waals surface area contributed by atoms with Crippen LogP contribution >= 0.6 is 62.3 Å². The fourth-order valence-electron chi connectivity index (χ4n) is 19.2. The van der Waals surface area contributed by atoms with E-state index in [4.69, 9.17) is 70.1 Å². The van der Waals surface area contributed by atoms with E-state index >= 15 is 0 Å². The molecule has 0 N–H and O–H groups in total. The van der Waals surface area contributed by atoms with E-state index in [1.54, 1.807) is 67.0 Å². The highest BCUT2D eigenvalue weighted by molar-refractivity contribution is 9.10. The Morgan fingerprint density at radius 3 is 0.903 bits per heavy atom. The summed E-state index contributed by atoms with van der Waals surface area (Å²) in [5, 5.41) is 10.8. The van der Waals surface area contributed by atoms with Crippen molar-refractivity contribution in [2.45, 2.75) is 180 Å². The van der Waals surface area contributed by atoms with Crippen LogP contribution < -0.4 is 24.5 Å². The molecular weight excluding hydrogens is 2130 g/mol. The van der Waals surface area contributed by atoms with Crippen molar-refractivity contribution in [3.63, 3.8) is 0 Å². The first-order valence-corrected chi connectivity index (χ1v) is 55.8. The number of piperidine rings is 5. The van der Waals surface area contributed by atoms with Crippen molar-refractivity contribution in [3.05, 3.63) is 296 Å². The lowest BCUT2D eigenvalue weighted by Gasteiger charge is -2.40. The summed E-state index contributed by atoms with van der Waals surface area (Å²) in [6, 6.07) is 49.7. The molecule has 5 saturated heterocycles. The van der Waals surface area contributed by atoms with E-state index in [-0.39, 0.29) is 167 Å². The van der Waals surface area contributed by atoms with Crippen molar-refractivity contribution >= 4 is 177 Å². The number of anilines is 5. The van der Waals surface area contributed by atoms with Crippen LogP contribution in [0.15, 0.2) is 223 Å². The molecule has 145 heavy (non-hydrogen) atoms. The third kappa shape index (κ3) is 23.3. The van der Waals surface area contributed by atoms with Crippen molar-refractivity contribution in [1.82, 2.24) is 21.5 Å². The first kappa shape index (κ1) is 107. The molecule has 5 fully saturated rings. The largest absolute Gasteiger partial charge is 0.444 e. The molecule has 0 bridgehead atoms. The number of hydrogen-bond acceptors (Lipinski definition) is 22. The number of nitrogens with zero attached hydrogens (tertiary/aromatic N) is 11. The average molecular weight is 2230 g/mol. The summed E-state index contributed by atoms with van der Waals surface area (Å²) >= 11 is 26.6. The maximum Gasteiger partial charge on any atom is 0.414 e. The van der Waals surface area contributed by atoms with E-state index in [1.165, 1.54) is 57.9 Å². The summed E-state index contributed by atoms with van der Waals surface area (Å²) in [6.45, 7) is 11.6. The van der Waals surface area contributed by atoms with Gasteiger partial charge in [-0.25, -0.2) is 79.2 Å². The second kappa shape index (κ2) is 44.5. The highest BCUT2D eigenvalue weighted by atomic mass is 79.9. The van der Waals surface area contributed by atoms with Gasteiger partial charge >= 0.3 is 30.5 Å².